The zero-order valence-corrected chi connectivity index (χ0v) is 12.4. The summed E-state index contributed by atoms with van der Waals surface area (Å²) in [5.74, 6) is -0.495. The fraction of sp³-hybridized carbons (Fsp3) is 0.533. The van der Waals surface area contributed by atoms with Crippen molar-refractivity contribution in [2.24, 2.45) is 0 Å². The van der Waals surface area contributed by atoms with Gasteiger partial charge in [0.15, 0.2) is 0 Å². The van der Waals surface area contributed by atoms with Crippen molar-refractivity contribution < 1.29 is 9.18 Å². The molecule has 1 aliphatic heterocycles. The zero-order chi connectivity index (χ0) is 14.5. The highest BCUT2D eigenvalue weighted by molar-refractivity contribution is 6.31. The topological polar surface area (TPSA) is 32.3 Å². The largest absolute Gasteiger partial charge is 0.342 e. The van der Waals surface area contributed by atoms with E-state index in [-0.39, 0.29) is 23.9 Å². The van der Waals surface area contributed by atoms with Crippen LogP contribution in [0.1, 0.15) is 24.8 Å². The normalized spacial score (nSPS) is 19.4. The van der Waals surface area contributed by atoms with Gasteiger partial charge in [-0.3, -0.25) is 4.79 Å². The van der Waals surface area contributed by atoms with Crippen molar-refractivity contribution in [1.82, 2.24) is 10.2 Å². The summed E-state index contributed by atoms with van der Waals surface area (Å²) in [6.07, 6.45) is 3.00. The monoisotopic (exact) mass is 298 g/mol. The maximum Gasteiger partial charge on any atom is 0.227 e. The number of rotatable bonds is 3. The van der Waals surface area contributed by atoms with E-state index in [1.807, 2.05) is 0 Å². The fourth-order valence-electron chi connectivity index (χ4n) is 2.57. The maximum absolute atomic E-state index is 13.7. The quantitative estimate of drug-likeness (QED) is 0.930. The van der Waals surface area contributed by atoms with Gasteiger partial charge in [-0.2, -0.15) is 0 Å². The molecule has 1 aliphatic rings. The summed E-state index contributed by atoms with van der Waals surface area (Å²) in [5.41, 5.74) is 0.290. The Balaban J connectivity index is 2.03. The van der Waals surface area contributed by atoms with Crippen LogP contribution >= 0.6 is 11.6 Å². The van der Waals surface area contributed by atoms with Gasteiger partial charge in [-0.15, -0.1) is 0 Å². The van der Waals surface area contributed by atoms with Gasteiger partial charge < -0.3 is 10.2 Å². The number of amides is 1. The van der Waals surface area contributed by atoms with Gasteiger partial charge in [0.2, 0.25) is 5.91 Å². The Bertz CT molecular complexity index is 453. The predicted octanol–water partition coefficient (Wildman–Crippen LogP) is 2.62. The first kappa shape index (κ1) is 15.3. The van der Waals surface area contributed by atoms with Crippen LogP contribution in [-0.4, -0.2) is 37.0 Å². The number of nitrogens with one attached hydrogen (secondary N) is 1. The molecule has 1 aromatic carbocycles. The van der Waals surface area contributed by atoms with Gasteiger partial charge in [0, 0.05) is 23.7 Å². The van der Waals surface area contributed by atoms with Crippen LogP contribution in [0.4, 0.5) is 4.39 Å². The van der Waals surface area contributed by atoms with Gasteiger partial charge >= 0.3 is 0 Å². The van der Waals surface area contributed by atoms with Gasteiger partial charge in [0.25, 0.3) is 0 Å². The minimum Gasteiger partial charge on any atom is -0.342 e. The second-order valence-electron chi connectivity index (χ2n) is 5.22. The van der Waals surface area contributed by atoms with E-state index >= 15 is 0 Å². The molecule has 1 atom stereocenters. The maximum atomic E-state index is 13.7. The molecule has 0 saturated carbocycles. The highest BCUT2D eigenvalue weighted by atomic mass is 35.5. The van der Waals surface area contributed by atoms with Crippen molar-refractivity contribution >= 4 is 17.5 Å². The van der Waals surface area contributed by atoms with Crippen molar-refractivity contribution in [2.45, 2.75) is 31.7 Å². The van der Waals surface area contributed by atoms with Crippen molar-refractivity contribution in [3.05, 3.63) is 34.6 Å². The van der Waals surface area contributed by atoms with Gasteiger partial charge in [0.1, 0.15) is 5.82 Å². The van der Waals surface area contributed by atoms with Crippen LogP contribution in [0.5, 0.6) is 0 Å². The summed E-state index contributed by atoms with van der Waals surface area (Å²) in [4.78, 5) is 14.1. The highest BCUT2D eigenvalue weighted by Crippen LogP contribution is 2.21. The molecular formula is C15H20ClFN2O. The lowest BCUT2D eigenvalue weighted by molar-refractivity contribution is -0.131. The van der Waals surface area contributed by atoms with Crippen LogP contribution in [0, 0.1) is 5.82 Å². The average molecular weight is 299 g/mol. The van der Waals surface area contributed by atoms with Crippen LogP contribution in [0.2, 0.25) is 5.02 Å². The molecule has 1 fully saturated rings. The first-order valence-electron chi connectivity index (χ1n) is 6.99. The summed E-state index contributed by atoms with van der Waals surface area (Å²) in [5, 5.41) is 3.63. The SMILES string of the molecule is CN(C(=O)Cc1c(F)cccc1Cl)C1CCCNCC1. The minimum atomic E-state index is -0.415. The Morgan fingerprint density at radius 1 is 1.45 bits per heavy atom. The average Bonchev–Trinajstić information content (AvgIpc) is 2.71. The summed E-state index contributed by atoms with van der Waals surface area (Å²) in [6.45, 7) is 1.92. The molecule has 1 heterocycles. The number of carbonyl (C=O) groups is 1. The number of halogens is 2. The van der Waals surface area contributed by atoms with E-state index in [0.29, 0.717) is 5.02 Å². The molecule has 1 N–H and O–H groups in total. The number of hydrogen-bond donors (Lipinski definition) is 1. The standard InChI is InChI=1S/C15H20ClFN2O/c1-19(11-4-3-8-18-9-7-11)15(20)10-12-13(16)5-2-6-14(12)17/h2,5-6,11,18H,3-4,7-10H2,1H3. The summed E-state index contributed by atoms with van der Waals surface area (Å²) in [6, 6.07) is 4.72. The van der Waals surface area contributed by atoms with E-state index in [9.17, 15) is 9.18 Å². The van der Waals surface area contributed by atoms with E-state index in [1.165, 1.54) is 6.07 Å². The molecule has 1 unspecified atom stereocenters. The molecule has 3 nitrogen and oxygen atoms in total. The van der Waals surface area contributed by atoms with E-state index in [4.69, 9.17) is 11.6 Å². The number of hydrogen-bond acceptors (Lipinski definition) is 2. The number of nitrogens with zero attached hydrogens (tertiary/aromatic N) is 1. The summed E-state index contributed by atoms with van der Waals surface area (Å²) >= 11 is 5.97. The lowest BCUT2D eigenvalue weighted by atomic mass is 10.1. The van der Waals surface area contributed by atoms with Gasteiger partial charge in [0.05, 0.1) is 6.42 Å². The predicted molar refractivity (Wildman–Crippen MR) is 78.4 cm³/mol. The Kier molecular flexibility index (Phi) is 5.38. The van der Waals surface area contributed by atoms with Crippen LogP contribution in [-0.2, 0) is 11.2 Å². The third-order valence-corrected chi connectivity index (χ3v) is 4.23. The Morgan fingerprint density at radius 2 is 2.25 bits per heavy atom. The molecule has 20 heavy (non-hydrogen) atoms. The molecule has 1 saturated heterocycles. The Hall–Kier alpha value is -1.13. The fourth-order valence-corrected chi connectivity index (χ4v) is 2.80. The van der Waals surface area contributed by atoms with E-state index in [2.05, 4.69) is 5.32 Å². The number of likely N-dealkylation sites (N-methyl/N-ethyl adjacent to an activating group) is 1. The summed E-state index contributed by atoms with van der Waals surface area (Å²) in [7, 11) is 1.80. The Morgan fingerprint density at radius 3 is 3.00 bits per heavy atom. The zero-order valence-electron chi connectivity index (χ0n) is 11.7. The van der Waals surface area contributed by atoms with Gasteiger partial charge in [-0.05, 0) is 44.5 Å². The van der Waals surface area contributed by atoms with Crippen molar-refractivity contribution in [2.75, 3.05) is 20.1 Å². The molecule has 0 aromatic heterocycles. The lowest BCUT2D eigenvalue weighted by Gasteiger charge is -2.27. The van der Waals surface area contributed by atoms with Gasteiger partial charge in [-0.25, -0.2) is 4.39 Å². The third kappa shape index (κ3) is 3.70. The number of benzene rings is 1. The molecule has 0 radical (unpaired) electrons. The van der Waals surface area contributed by atoms with E-state index in [0.717, 1.165) is 32.4 Å². The third-order valence-electron chi connectivity index (χ3n) is 3.88. The second kappa shape index (κ2) is 7.04. The van der Waals surface area contributed by atoms with E-state index < -0.39 is 5.82 Å². The molecular weight excluding hydrogens is 279 g/mol. The van der Waals surface area contributed by atoms with Crippen LogP contribution in [0.25, 0.3) is 0 Å². The molecule has 1 aromatic rings. The van der Waals surface area contributed by atoms with Crippen molar-refractivity contribution in [3.8, 4) is 0 Å². The lowest BCUT2D eigenvalue weighted by Crippen LogP contribution is -2.38. The first-order chi connectivity index (χ1) is 9.59. The molecule has 2 rings (SSSR count). The minimum absolute atomic E-state index is 0.0198. The molecule has 1 amide bonds. The summed E-state index contributed by atoms with van der Waals surface area (Å²) < 4.78 is 13.7. The van der Waals surface area contributed by atoms with E-state index in [1.54, 1.807) is 24.1 Å². The van der Waals surface area contributed by atoms with Crippen molar-refractivity contribution in [1.29, 1.82) is 0 Å². The molecule has 5 heteroatoms. The molecule has 0 bridgehead atoms. The van der Waals surface area contributed by atoms with Crippen molar-refractivity contribution in [3.63, 3.8) is 0 Å². The molecule has 110 valence electrons. The second-order valence-corrected chi connectivity index (χ2v) is 5.62. The molecule has 0 aliphatic carbocycles. The van der Waals surface area contributed by atoms with Crippen LogP contribution in [0.15, 0.2) is 18.2 Å². The van der Waals surface area contributed by atoms with Crippen LogP contribution < -0.4 is 5.32 Å². The van der Waals surface area contributed by atoms with Crippen LogP contribution in [0.3, 0.4) is 0 Å². The number of carbonyl (C=O) groups excluding carboxylic acids is 1. The van der Waals surface area contributed by atoms with Gasteiger partial charge in [-0.1, -0.05) is 17.7 Å². The highest BCUT2D eigenvalue weighted by Gasteiger charge is 2.22. The molecule has 0 spiro atoms. The Labute approximate surface area is 124 Å². The first-order valence-corrected chi connectivity index (χ1v) is 7.36. The smallest absolute Gasteiger partial charge is 0.227 e.